The summed E-state index contributed by atoms with van der Waals surface area (Å²) in [6.45, 7) is 6.71. The van der Waals surface area contributed by atoms with Gasteiger partial charge in [0.15, 0.2) is 0 Å². The fraction of sp³-hybridized carbons (Fsp3) is 0.568. The summed E-state index contributed by atoms with van der Waals surface area (Å²) in [5.41, 5.74) is -6.72. The monoisotopic (exact) mass is 879 g/mol. The van der Waals surface area contributed by atoms with Gasteiger partial charge >= 0.3 is 220 Å². The normalized spacial score (nSPS) is 31.9. The Morgan fingerprint density at radius 1 is 1.02 bits per heavy atom. The second kappa shape index (κ2) is 18.8. The maximum atomic E-state index is 16.0. The minimum atomic E-state index is -2.34. The number of hydrogen-bond donors (Lipinski definition) is 3. The molecule has 334 valence electrons. The topological polar surface area (TPSA) is 220 Å². The molecule has 3 N–H and O–H groups in total. The summed E-state index contributed by atoms with van der Waals surface area (Å²) in [5, 5.41) is 28.3. The van der Waals surface area contributed by atoms with Gasteiger partial charge in [0, 0.05) is 20.5 Å². The van der Waals surface area contributed by atoms with Gasteiger partial charge in [0.2, 0.25) is 0 Å². The van der Waals surface area contributed by atoms with Crippen LogP contribution >= 0.6 is 11.8 Å². The first-order valence-electron chi connectivity index (χ1n) is 20.4. The van der Waals surface area contributed by atoms with E-state index in [0.717, 1.165) is 0 Å². The molecule has 4 aliphatic rings. The number of fused-ring (bicyclic) bond motifs is 5. The van der Waals surface area contributed by atoms with Crippen molar-refractivity contribution in [2.24, 2.45) is 16.7 Å². The first-order valence-corrected chi connectivity index (χ1v) is 21.8. The summed E-state index contributed by atoms with van der Waals surface area (Å²) in [5.74, 6) is -5.79. The number of ketones is 1. The number of thioether (sulfide) groups is 1. The summed E-state index contributed by atoms with van der Waals surface area (Å²) >= 11 is 1.33. The molecule has 0 radical (unpaired) electrons. The predicted octanol–water partition coefficient (Wildman–Crippen LogP) is 2.87. The molecule has 2 aromatic rings. The van der Waals surface area contributed by atoms with Gasteiger partial charge < -0.3 is 18.9 Å². The first kappa shape index (κ1) is 47.2. The number of carbonyl (C=O) groups excluding carboxylic acids is 5. The molecule has 1 aliphatic heterocycles. The van der Waals surface area contributed by atoms with Crippen molar-refractivity contribution in [2.45, 2.75) is 101 Å². The Hall–Kier alpha value is -4.30. The Balaban J connectivity index is 1.61. The van der Waals surface area contributed by atoms with Gasteiger partial charge in [-0.3, -0.25) is 4.79 Å². The van der Waals surface area contributed by atoms with E-state index >= 15 is 4.79 Å². The average molecular weight is 880 g/mol. The van der Waals surface area contributed by atoms with E-state index in [-0.39, 0.29) is 42.1 Å². The zero-order valence-electron chi connectivity index (χ0n) is 35.8. The molecule has 2 aromatic carbocycles. The Bertz CT molecular complexity index is 2050. The fourth-order valence-electron chi connectivity index (χ4n) is 10.1. The zero-order chi connectivity index (χ0) is 45.2. The van der Waals surface area contributed by atoms with Crippen LogP contribution in [-0.2, 0) is 57.0 Å². The van der Waals surface area contributed by atoms with Gasteiger partial charge in [0.1, 0.15) is 12.7 Å². The van der Waals surface area contributed by atoms with Crippen LogP contribution in [0.1, 0.15) is 69.4 Å². The Morgan fingerprint density at radius 2 is 1.68 bits per heavy atom. The van der Waals surface area contributed by atoms with E-state index in [0.29, 0.717) is 12.7 Å². The van der Waals surface area contributed by atoms with Gasteiger partial charge in [0.05, 0.1) is 24.2 Å². The molecule has 9 unspecified atom stereocenters. The summed E-state index contributed by atoms with van der Waals surface area (Å²) < 4.78 is 53.9. The number of methoxy groups -OCH3 is 1. The molecule has 3 aliphatic carbocycles. The molecule has 1 saturated heterocycles. The summed E-state index contributed by atoms with van der Waals surface area (Å²) in [7, 11) is 1.85. The van der Waals surface area contributed by atoms with Crippen molar-refractivity contribution in [3.05, 3.63) is 82.9 Å². The molecule has 6 rings (SSSR count). The second-order valence-electron chi connectivity index (χ2n) is 16.9. The van der Waals surface area contributed by atoms with Crippen LogP contribution in [0.25, 0.3) is 0 Å². The predicted molar refractivity (Wildman–Crippen MR) is 222 cm³/mol. The zero-order valence-corrected chi connectivity index (χ0v) is 36.6. The van der Waals surface area contributed by atoms with Crippen molar-refractivity contribution in [3.63, 3.8) is 0 Å². The van der Waals surface area contributed by atoms with Crippen LogP contribution in [0.3, 0.4) is 0 Å². The summed E-state index contributed by atoms with van der Waals surface area (Å²) in [6.07, 6.45) is -7.70. The van der Waals surface area contributed by atoms with E-state index in [2.05, 4.69) is 5.32 Å². The van der Waals surface area contributed by atoms with Gasteiger partial charge in [-0.15, -0.1) is 11.8 Å². The van der Waals surface area contributed by atoms with Gasteiger partial charge in [-0.25, -0.2) is 9.59 Å². The molecule has 62 heavy (non-hydrogen) atoms. The van der Waals surface area contributed by atoms with Crippen LogP contribution < -0.4 is 5.32 Å². The van der Waals surface area contributed by atoms with Gasteiger partial charge in [-0.05, 0) is 25.3 Å². The Labute approximate surface area is 364 Å². The van der Waals surface area contributed by atoms with Crippen molar-refractivity contribution in [1.82, 2.24) is 5.32 Å². The van der Waals surface area contributed by atoms with Crippen LogP contribution in [0.2, 0.25) is 0 Å². The number of ether oxygens (including phenoxy) is 7. The number of nitrogens with one attached hydrogen (secondary N) is 1. The number of aliphatic hydroxyl groups excluding tert-OH is 1. The minimum absolute atomic E-state index is 0.0311. The molecule has 0 spiro atoms. The third-order valence-electron chi connectivity index (χ3n) is 13.2. The Kier molecular flexibility index (Phi) is 14.3. The van der Waals surface area contributed by atoms with E-state index in [9.17, 15) is 34.1 Å². The third kappa shape index (κ3) is 8.30. The standard InChI is InChI=1S/C44H54BNO15S/c1-24-28(58-40(52)34(49)33(46-22-45-54)26-14-10-8-11-15-26)19-44(53)38(60-39(51)27-16-12-9-13-17-27)36-42(5,37(50)35(32(24)41(44,3)4)59-31(48)20-55-6)29(57-23-62-7)18-30-43(36,21-56-30)61-25(2)47/h8-17,28-30,33-36,38,46,49,53H,18-23H2,1-7H3/t28?,29?,30?,33?,34?,35?,36?,38?,42-,43+,44?/m1/s1. The van der Waals surface area contributed by atoms with E-state index in [4.69, 9.17) is 33.2 Å². The third-order valence-corrected chi connectivity index (χ3v) is 13.5. The Morgan fingerprint density at radius 3 is 2.26 bits per heavy atom. The van der Waals surface area contributed by atoms with Gasteiger partial charge in [0.25, 0.3) is 0 Å². The molecule has 0 aromatic heterocycles. The van der Waals surface area contributed by atoms with E-state index in [1.165, 1.54) is 37.9 Å². The van der Waals surface area contributed by atoms with Crippen LogP contribution in [0.15, 0.2) is 71.8 Å². The summed E-state index contributed by atoms with van der Waals surface area (Å²) in [4.78, 5) is 71.3. The fourth-order valence-corrected chi connectivity index (χ4v) is 10.4. The number of aliphatic hydroxyl groups is 2. The number of esters is 4. The van der Waals surface area contributed by atoms with Crippen LogP contribution in [-0.4, -0.2) is 134 Å². The van der Waals surface area contributed by atoms with Crippen molar-refractivity contribution in [2.75, 3.05) is 39.0 Å². The molecular weight excluding hydrogens is 825 g/mol. The number of Topliss-reactive ketones (excluding diaryl/α,β-unsaturated/α-hetero) is 1. The van der Waals surface area contributed by atoms with Crippen molar-refractivity contribution in [1.29, 1.82) is 0 Å². The van der Waals surface area contributed by atoms with Crippen LogP contribution in [0.4, 0.5) is 0 Å². The number of benzene rings is 2. The van der Waals surface area contributed by atoms with Crippen molar-refractivity contribution < 1.29 is 72.0 Å². The quantitative estimate of drug-likeness (QED) is 0.0726. The van der Waals surface area contributed by atoms with Crippen molar-refractivity contribution in [3.8, 4) is 0 Å². The molecule has 16 nitrogen and oxygen atoms in total. The summed E-state index contributed by atoms with van der Waals surface area (Å²) in [6, 6.07) is 15.3. The van der Waals surface area contributed by atoms with Crippen LogP contribution in [0.5, 0.6) is 0 Å². The molecular formula is C44H54BNO15S. The molecule has 18 heteroatoms. The van der Waals surface area contributed by atoms with E-state index in [1.54, 1.807) is 82.5 Å². The maximum absolute atomic E-state index is 16.0. The molecule has 3 fully saturated rings. The number of rotatable bonds is 16. The van der Waals surface area contributed by atoms with E-state index in [1.807, 2.05) is 0 Å². The SMILES string of the molecule is COCC(=O)OC1C(=O)[C@]2(C)C(OCSC)CC3OC[C@@]3(OC(C)=O)C2C(OC(=O)c2ccccc2)C2(O)CC(OC(=O)C(O)C(NCB=O)c3ccccc3)C(C)=C1C2(C)C. The molecule has 2 saturated carbocycles. The first-order chi connectivity index (χ1) is 29.4. The molecule has 1 heterocycles. The molecule has 2 bridgehead atoms. The average Bonchev–Trinajstić information content (AvgIpc) is 3.23. The van der Waals surface area contributed by atoms with E-state index < -0.39 is 113 Å². The van der Waals surface area contributed by atoms with Gasteiger partial charge in [-0.1, -0.05) is 18.2 Å². The second-order valence-corrected chi connectivity index (χ2v) is 17.8. The number of carbonyl (C=O) groups is 5. The number of hydrogen-bond acceptors (Lipinski definition) is 17. The van der Waals surface area contributed by atoms with Crippen LogP contribution in [0, 0.1) is 16.7 Å². The molecule has 0 amide bonds. The molecule has 11 atom stereocenters. The van der Waals surface area contributed by atoms with Crippen molar-refractivity contribution >= 4 is 48.6 Å². The van der Waals surface area contributed by atoms with Gasteiger partial charge in [-0.2, -0.15) is 0 Å².